The van der Waals surface area contributed by atoms with Crippen LogP contribution in [0.5, 0.6) is 17.2 Å². The van der Waals surface area contributed by atoms with Gasteiger partial charge in [0.1, 0.15) is 12.4 Å². The van der Waals surface area contributed by atoms with Crippen LogP contribution in [-0.4, -0.2) is 39.8 Å². The molecular weight excluding hydrogens is 489 g/mol. The third-order valence-corrected chi connectivity index (χ3v) is 6.61. The maximum absolute atomic E-state index is 13.6. The molecule has 0 spiro atoms. The van der Waals surface area contributed by atoms with Gasteiger partial charge >= 0.3 is 5.97 Å². The van der Waals surface area contributed by atoms with Crippen LogP contribution in [0.25, 0.3) is 0 Å². The maximum Gasteiger partial charge on any atom is 0.338 e. The molecule has 1 amide bonds. The number of rotatable bonds is 9. The second-order valence-corrected chi connectivity index (χ2v) is 8.80. The first-order valence-corrected chi connectivity index (χ1v) is 11.5. The summed E-state index contributed by atoms with van der Waals surface area (Å²) in [4.78, 5) is 26.2. The first kappa shape index (κ1) is 25.3. The van der Waals surface area contributed by atoms with E-state index in [1.807, 2.05) is 0 Å². The van der Waals surface area contributed by atoms with Crippen molar-refractivity contribution < 1.29 is 32.9 Å². The molecule has 3 aromatic carbocycles. The van der Waals surface area contributed by atoms with Crippen molar-refractivity contribution in [2.45, 2.75) is 12.3 Å². The highest BCUT2D eigenvalue weighted by atomic mass is 35.5. The Morgan fingerprint density at radius 2 is 1.64 bits per heavy atom. The summed E-state index contributed by atoms with van der Waals surface area (Å²) < 4.78 is 35.1. The number of hydrogen-bond acceptors (Lipinski definition) is 6. The first-order chi connectivity index (χ1) is 17.3. The van der Waals surface area contributed by atoms with Gasteiger partial charge in [0.25, 0.3) is 0 Å². The molecule has 188 valence electrons. The van der Waals surface area contributed by atoms with E-state index in [1.165, 1.54) is 45.6 Å². The van der Waals surface area contributed by atoms with Gasteiger partial charge in [0, 0.05) is 5.92 Å². The Hall–Kier alpha value is -3.78. The third-order valence-electron chi connectivity index (χ3n) is 6.28. The molecule has 1 saturated carbocycles. The summed E-state index contributed by atoms with van der Waals surface area (Å²) in [5.74, 6) is -0.457. The Morgan fingerprint density at radius 3 is 2.22 bits per heavy atom. The summed E-state index contributed by atoms with van der Waals surface area (Å²) in [6.07, 6.45) is 0.401. The summed E-state index contributed by atoms with van der Waals surface area (Å²) in [5.41, 5.74) is 0.322. The highest BCUT2D eigenvalue weighted by Gasteiger charge is 2.62. The fourth-order valence-electron chi connectivity index (χ4n) is 4.19. The molecule has 4 rings (SSSR count). The number of nitrogens with one attached hydrogen (secondary N) is 1. The number of halogens is 2. The van der Waals surface area contributed by atoms with E-state index in [0.717, 1.165) is 5.56 Å². The number of esters is 1. The second kappa shape index (κ2) is 10.5. The number of ether oxygens (including phenoxy) is 4. The molecule has 1 N–H and O–H groups in total. The Labute approximate surface area is 213 Å². The lowest BCUT2D eigenvalue weighted by Crippen LogP contribution is -2.31. The van der Waals surface area contributed by atoms with E-state index in [0.29, 0.717) is 34.4 Å². The predicted octanol–water partition coefficient (Wildman–Crippen LogP) is 5.47. The summed E-state index contributed by atoms with van der Waals surface area (Å²) in [6, 6.07) is 15.4. The average molecular weight is 514 g/mol. The largest absolute Gasteiger partial charge is 0.493 e. The molecule has 36 heavy (non-hydrogen) atoms. The average Bonchev–Trinajstić information content (AvgIpc) is 3.64. The molecule has 1 aliphatic rings. The normalized spacial score (nSPS) is 18.2. The molecule has 0 unspecified atom stereocenters. The van der Waals surface area contributed by atoms with Gasteiger partial charge in [-0.15, -0.1) is 0 Å². The summed E-state index contributed by atoms with van der Waals surface area (Å²) in [5, 5.41) is 3.25. The summed E-state index contributed by atoms with van der Waals surface area (Å²) in [7, 11) is 4.53. The Kier molecular flexibility index (Phi) is 7.35. The van der Waals surface area contributed by atoms with Gasteiger partial charge in [-0.3, -0.25) is 4.79 Å². The quantitative estimate of drug-likeness (QED) is 0.382. The minimum atomic E-state index is -1.07. The van der Waals surface area contributed by atoms with Gasteiger partial charge in [-0.1, -0.05) is 23.7 Å². The smallest absolute Gasteiger partial charge is 0.338 e. The molecule has 0 radical (unpaired) electrons. The summed E-state index contributed by atoms with van der Waals surface area (Å²) >= 11 is 6.25. The van der Waals surface area contributed by atoms with E-state index in [9.17, 15) is 14.0 Å². The number of amides is 1. The lowest BCUT2D eigenvalue weighted by Gasteiger charge is -2.20. The monoisotopic (exact) mass is 513 g/mol. The van der Waals surface area contributed by atoms with Crippen molar-refractivity contribution in [3.63, 3.8) is 0 Å². The van der Waals surface area contributed by atoms with Gasteiger partial charge in [-0.05, 0) is 60.5 Å². The van der Waals surface area contributed by atoms with E-state index in [2.05, 4.69) is 5.32 Å². The maximum atomic E-state index is 13.6. The van der Waals surface area contributed by atoms with Crippen molar-refractivity contribution >= 4 is 29.2 Å². The zero-order valence-electron chi connectivity index (χ0n) is 20.0. The number of methoxy groups -OCH3 is 3. The molecular formula is C27H25ClFNO6. The Morgan fingerprint density at radius 1 is 1.00 bits per heavy atom. The van der Waals surface area contributed by atoms with Crippen LogP contribution in [0.15, 0.2) is 60.7 Å². The fraction of sp³-hybridized carbons (Fsp3) is 0.259. The van der Waals surface area contributed by atoms with Gasteiger partial charge in [-0.2, -0.15) is 0 Å². The van der Waals surface area contributed by atoms with Crippen molar-refractivity contribution in [1.29, 1.82) is 0 Å². The van der Waals surface area contributed by atoms with Crippen molar-refractivity contribution in [1.82, 2.24) is 0 Å². The van der Waals surface area contributed by atoms with E-state index >= 15 is 0 Å². The van der Waals surface area contributed by atoms with Crippen molar-refractivity contribution in [2.24, 2.45) is 5.41 Å². The van der Waals surface area contributed by atoms with Crippen molar-refractivity contribution in [3.05, 3.63) is 82.6 Å². The molecule has 0 aromatic heterocycles. The first-order valence-electron chi connectivity index (χ1n) is 11.1. The van der Waals surface area contributed by atoms with Crippen molar-refractivity contribution in [3.8, 4) is 17.2 Å². The molecule has 0 saturated heterocycles. The molecule has 0 aliphatic heterocycles. The molecule has 1 aliphatic carbocycles. The van der Waals surface area contributed by atoms with Crippen LogP contribution in [-0.2, 0) is 9.53 Å². The van der Waals surface area contributed by atoms with Gasteiger partial charge < -0.3 is 24.3 Å². The van der Waals surface area contributed by atoms with Crippen LogP contribution < -0.4 is 19.5 Å². The van der Waals surface area contributed by atoms with E-state index in [4.69, 9.17) is 30.5 Å². The molecule has 1 fully saturated rings. The van der Waals surface area contributed by atoms with Crippen LogP contribution >= 0.6 is 11.6 Å². The van der Waals surface area contributed by atoms with Gasteiger partial charge in [0.15, 0.2) is 11.5 Å². The molecule has 9 heteroatoms. The SMILES string of the molecule is COc1cc([C@@H]2C[C@]2(COC(=O)c2ccc(F)cc2)C(=O)Nc2ccccc2Cl)cc(OC)c1OC. The number of hydrogen-bond donors (Lipinski definition) is 1. The van der Waals surface area contributed by atoms with Crippen LogP contribution in [0, 0.1) is 11.2 Å². The molecule has 0 heterocycles. The predicted molar refractivity (Wildman–Crippen MR) is 133 cm³/mol. The topological polar surface area (TPSA) is 83.1 Å². The van der Waals surface area contributed by atoms with Gasteiger partial charge in [0.2, 0.25) is 11.7 Å². The highest BCUT2D eigenvalue weighted by Crippen LogP contribution is 2.61. The molecule has 7 nitrogen and oxygen atoms in total. The Bertz CT molecular complexity index is 1260. The lowest BCUT2D eigenvalue weighted by molar-refractivity contribution is -0.122. The zero-order valence-corrected chi connectivity index (χ0v) is 20.7. The second-order valence-electron chi connectivity index (χ2n) is 8.39. The minimum Gasteiger partial charge on any atom is -0.493 e. The number of para-hydroxylation sites is 1. The van der Waals surface area contributed by atoms with Crippen LogP contribution in [0.3, 0.4) is 0 Å². The van der Waals surface area contributed by atoms with E-state index in [1.54, 1.807) is 36.4 Å². The van der Waals surface area contributed by atoms with E-state index < -0.39 is 17.2 Å². The number of carbonyl (C=O) groups excluding carboxylic acids is 2. The minimum absolute atomic E-state index is 0.183. The highest BCUT2D eigenvalue weighted by molar-refractivity contribution is 6.33. The molecule has 3 aromatic rings. The summed E-state index contributed by atoms with van der Waals surface area (Å²) in [6.45, 7) is -0.194. The number of anilines is 1. The van der Waals surface area contributed by atoms with Crippen molar-refractivity contribution in [2.75, 3.05) is 33.3 Å². The fourth-order valence-corrected chi connectivity index (χ4v) is 4.38. The lowest BCUT2D eigenvalue weighted by atomic mass is 9.97. The van der Waals surface area contributed by atoms with Crippen LogP contribution in [0.4, 0.5) is 10.1 Å². The number of benzene rings is 3. The van der Waals surface area contributed by atoms with E-state index in [-0.39, 0.29) is 24.0 Å². The molecule has 0 bridgehead atoms. The third kappa shape index (κ3) is 4.95. The van der Waals surface area contributed by atoms with Gasteiger partial charge in [-0.25, -0.2) is 9.18 Å². The van der Waals surface area contributed by atoms with Crippen LogP contribution in [0.2, 0.25) is 5.02 Å². The zero-order chi connectivity index (χ0) is 25.9. The number of carbonyl (C=O) groups is 2. The van der Waals surface area contributed by atoms with Gasteiger partial charge in [0.05, 0.1) is 43.0 Å². The van der Waals surface area contributed by atoms with Crippen LogP contribution in [0.1, 0.15) is 28.3 Å². The molecule has 2 atom stereocenters. The standard InChI is InChI=1S/C27H25ClFNO6/c1-33-22-12-17(13-23(34-2)24(22)35-3)19-14-27(19,26(32)30-21-7-5-4-6-20(21)28)15-36-25(31)16-8-10-18(29)11-9-16/h4-13,19H,14-15H2,1-3H3,(H,30,32)/t19-,27+/m0/s1. The Balaban J connectivity index is 1.64.